The predicted molar refractivity (Wildman–Crippen MR) is 106 cm³/mol. The average Bonchev–Trinajstić information content (AvgIpc) is 3.25. The largest absolute Gasteiger partial charge is 0.457 e. The van der Waals surface area contributed by atoms with Gasteiger partial charge in [-0.15, -0.1) is 0 Å². The number of benzene rings is 1. The van der Waals surface area contributed by atoms with Crippen LogP contribution in [0, 0.1) is 17.8 Å². The van der Waals surface area contributed by atoms with Crippen molar-refractivity contribution in [2.75, 3.05) is 0 Å². The monoisotopic (exact) mass is 369 g/mol. The highest BCUT2D eigenvalue weighted by molar-refractivity contribution is 6.37. The van der Waals surface area contributed by atoms with Gasteiger partial charge < -0.3 is 9.57 Å². The van der Waals surface area contributed by atoms with E-state index in [1.807, 2.05) is 0 Å². The SMILES string of the molecule is C[C@@H]1CC[C@@H](C(C)(C)c2ccccc2)[C@H](OC(=O)C2=NO[C@@H]3CCC[C@H]23)C1. The number of carbonyl (C=O) groups excluding carboxylic acids is 1. The number of oxime groups is 1. The lowest BCUT2D eigenvalue weighted by Crippen LogP contribution is -2.44. The van der Waals surface area contributed by atoms with Crippen molar-refractivity contribution in [1.82, 2.24) is 0 Å². The Balaban J connectivity index is 1.52. The summed E-state index contributed by atoms with van der Waals surface area (Å²) in [7, 11) is 0. The van der Waals surface area contributed by atoms with Crippen LogP contribution in [-0.4, -0.2) is 23.9 Å². The molecular formula is C23H31NO3. The molecule has 1 aromatic carbocycles. The maximum atomic E-state index is 12.9. The molecule has 0 radical (unpaired) electrons. The molecule has 4 nitrogen and oxygen atoms in total. The number of ether oxygens (including phenoxy) is 1. The molecule has 0 aromatic heterocycles. The third-order valence-electron chi connectivity index (χ3n) is 7.06. The van der Waals surface area contributed by atoms with Crippen LogP contribution in [0.2, 0.25) is 0 Å². The lowest BCUT2D eigenvalue weighted by atomic mass is 9.64. The molecule has 0 bridgehead atoms. The number of nitrogens with zero attached hydrogens (tertiary/aromatic N) is 1. The average molecular weight is 370 g/mol. The number of hydrogen-bond donors (Lipinski definition) is 0. The minimum atomic E-state index is -0.252. The highest BCUT2D eigenvalue weighted by Crippen LogP contribution is 2.44. The van der Waals surface area contributed by atoms with Crippen LogP contribution in [0.5, 0.6) is 0 Å². The molecule has 0 unspecified atom stereocenters. The van der Waals surface area contributed by atoms with Crippen LogP contribution in [0.25, 0.3) is 0 Å². The van der Waals surface area contributed by atoms with Gasteiger partial charge in [-0.1, -0.05) is 62.7 Å². The second-order valence-corrected chi connectivity index (χ2v) is 9.21. The Bertz CT molecular complexity index is 712. The Morgan fingerprint density at radius 1 is 1.15 bits per heavy atom. The summed E-state index contributed by atoms with van der Waals surface area (Å²) < 4.78 is 6.12. The van der Waals surface area contributed by atoms with Crippen LogP contribution in [-0.2, 0) is 19.8 Å². The first kappa shape index (κ1) is 18.5. The maximum Gasteiger partial charge on any atom is 0.356 e. The fourth-order valence-corrected chi connectivity index (χ4v) is 5.31. The van der Waals surface area contributed by atoms with Crippen LogP contribution in [0.1, 0.15) is 64.9 Å². The first-order valence-electron chi connectivity index (χ1n) is 10.5. The molecule has 1 aromatic rings. The van der Waals surface area contributed by atoms with Crippen molar-refractivity contribution in [3.63, 3.8) is 0 Å². The number of hydrogen-bond acceptors (Lipinski definition) is 4. The molecule has 2 aliphatic carbocycles. The van der Waals surface area contributed by atoms with E-state index in [0.717, 1.165) is 32.1 Å². The highest BCUT2D eigenvalue weighted by atomic mass is 16.6. The molecule has 4 heteroatoms. The summed E-state index contributed by atoms with van der Waals surface area (Å²) in [5.41, 5.74) is 1.78. The summed E-state index contributed by atoms with van der Waals surface area (Å²) in [4.78, 5) is 18.4. The predicted octanol–water partition coefficient (Wildman–Crippen LogP) is 4.87. The molecular weight excluding hydrogens is 338 g/mol. The van der Waals surface area contributed by atoms with Gasteiger partial charge in [0.2, 0.25) is 0 Å². The van der Waals surface area contributed by atoms with Gasteiger partial charge in [-0.25, -0.2) is 4.79 Å². The fraction of sp³-hybridized carbons (Fsp3) is 0.652. The summed E-state index contributed by atoms with van der Waals surface area (Å²) >= 11 is 0. The van der Waals surface area contributed by atoms with Crippen molar-refractivity contribution >= 4 is 11.7 Å². The van der Waals surface area contributed by atoms with Crippen LogP contribution in [0.3, 0.4) is 0 Å². The van der Waals surface area contributed by atoms with Crippen molar-refractivity contribution in [1.29, 1.82) is 0 Å². The molecule has 0 saturated heterocycles. The van der Waals surface area contributed by atoms with Gasteiger partial charge in [0, 0.05) is 5.92 Å². The Kier molecular flexibility index (Phi) is 5.00. The summed E-state index contributed by atoms with van der Waals surface area (Å²) in [6.45, 7) is 6.83. The van der Waals surface area contributed by atoms with E-state index in [4.69, 9.17) is 9.57 Å². The molecule has 2 saturated carbocycles. The number of carbonyl (C=O) groups is 1. The van der Waals surface area contributed by atoms with E-state index >= 15 is 0 Å². The minimum Gasteiger partial charge on any atom is -0.457 e. The maximum absolute atomic E-state index is 12.9. The number of esters is 1. The van der Waals surface area contributed by atoms with E-state index in [2.05, 4.69) is 56.3 Å². The Morgan fingerprint density at radius 2 is 1.93 bits per heavy atom. The third-order valence-corrected chi connectivity index (χ3v) is 7.06. The van der Waals surface area contributed by atoms with E-state index in [1.165, 1.54) is 12.0 Å². The van der Waals surface area contributed by atoms with Gasteiger partial charge in [0.25, 0.3) is 0 Å². The van der Waals surface area contributed by atoms with Gasteiger partial charge in [-0.3, -0.25) is 0 Å². The summed E-state index contributed by atoms with van der Waals surface area (Å²) in [5.74, 6) is 0.769. The molecule has 0 spiro atoms. The second-order valence-electron chi connectivity index (χ2n) is 9.21. The zero-order chi connectivity index (χ0) is 19.0. The standard InChI is InChI=1S/C23H31NO3/c1-15-12-13-18(23(2,3)16-8-5-4-6-9-16)20(14-15)26-22(25)21-17-10-7-11-19(17)27-24-21/h4-6,8-9,15,17-20H,7,10-14H2,1-3H3/t15-,17+,18-,19-,20-/m1/s1. The van der Waals surface area contributed by atoms with E-state index in [9.17, 15) is 4.79 Å². The Morgan fingerprint density at radius 3 is 2.70 bits per heavy atom. The molecule has 4 rings (SSSR count). The van der Waals surface area contributed by atoms with E-state index in [0.29, 0.717) is 17.5 Å². The van der Waals surface area contributed by atoms with Crippen molar-refractivity contribution in [2.45, 2.75) is 76.9 Å². The van der Waals surface area contributed by atoms with Crippen LogP contribution in [0.4, 0.5) is 0 Å². The second kappa shape index (κ2) is 7.29. The van der Waals surface area contributed by atoms with Crippen LogP contribution < -0.4 is 0 Å². The zero-order valence-electron chi connectivity index (χ0n) is 16.7. The van der Waals surface area contributed by atoms with Gasteiger partial charge in [0.15, 0.2) is 5.71 Å². The molecule has 3 aliphatic rings. The first-order valence-corrected chi connectivity index (χ1v) is 10.5. The molecule has 146 valence electrons. The van der Waals surface area contributed by atoms with Crippen molar-refractivity contribution < 1.29 is 14.4 Å². The van der Waals surface area contributed by atoms with Crippen LogP contribution in [0.15, 0.2) is 35.5 Å². The number of rotatable bonds is 4. The van der Waals surface area contributed by atoms with Crippen molar-refractivity contribution in [3.05, 3.63) is 35.9 Å². The van der Waals surface area contributed by atoms with Gasteiger partial charge in [0.05, 0.1) is 5.92 Å². The molecule has 0 N–H and O–H groups in total. The van der Waals surface area contributed by atoms with Gasteiger partial charge in [-0.05, 0) is 49.0 Å². The summed E-state index contributed by atoms with van der Waals surface area (Å²) in [5, 5.41) is 4.09. The van der Waals surface area contributed by atoms with Gasteiger partial charge in [-0.2, -0.15) is 0 Å². The smallest absolute Gasteiger partial charge is 0.356 e. The molecule has 0 amide bonds. The topological polar surface area (TPSA) is 47.9 Å². The lowest BCUT2D eigenvalue weighted by molar-refractivity contribution is -0.148. The van der Waals surface area contributed by atoms with Crippen molar-refractivity contribution in [2.24, 2.45) is 22.9 Å². The minimum absolute atomic E-state index is 0.0454. The molecule has 2 fully saturated rings. The van der Waals surface area contributed by atoms with Gasteiger partial charge >= 0.3 is 5.97 Å². The van der Waals surface area contributed by atoms with E-state index < -0.39 is 0 Å². The molecule has 5 atom stereocenters. The quantitative estimate of drug-likeness (QED) is 0.712. The lowest BCUT2D eigenvalue weighted by Gasteiger charge is -2.44. The highest BCUT2D eigenvalue weighted by Gasteiger charge is 2.45. The fourth-order valence-electron chi connectivity index (χ4n) is 5.31. The third kappa shape index (κ3) is 3.51. The van der Waals surface area contributed by atoms with Crippen LogP contribution >= 0.6 is 0 Å². The normalized spacial score (nSPS) is 33.1. The summed E-state index contributed by atoms with van der Waals surface area (Å²) in [6, 6.07) is 10.6. The van der Waals surface area contributed by atoms with Crippen molar-refractivity contribution in [3.8, 4) is 0 Å². The Hall–Kier alpha value is -1.84. The van der Waals surface area contributed by atoms with E-state index in [1.54, 1.807) is 0 Å². The molecule has 1 aliphatic heterocycles. The zero-order valence-corrected chi connectivity index (χ0v) is 16.7. The first-order chi connectivity index (χ1) is 13.0. The van der Waals surface area contributed by atoms with Gasteiger partial charge in [0.1, 0.15) is 12.2 Å². The molecule has 1 heterocycles. The van der Waals surface area contributed by atoms with E-state index in [-0.39, 0.29) is 29.5 Å². The molecule has 27 heavy (non-hydrogen) atoms. The summed E-state index contributed by atoms with van der Waals surface area (Å²) in [6.07, 6.45) is 6.29. The number of fused-ring (bicyclic) bond motifs is 1. The Labute approximate surface area is 162 Å².